The number of ether oxygens (including phenoxy) is 1. The Kier molecular flexibility index (Phi) is 4.50. The largest absolute Gasteiger partial charge is 0.423 e. The van der Waals surface area contributed by atoms with Gasteiger partial charge in [0.2, 0.25) is 0 Å². The van der Waals surface area contributed by atoms with Gasteiger partial charge < -0.3 is 4.74 Å². The van der Waals surface area contributed by atoms with Crippen molar-refractivity contribution in [2.75, 3.05) is 0 Å². The Morgan fingerprint density at radius 2 is 1.68 bits per heavy atom. The number of rotatable bonds is 3. The lowest BCUT2D eigenvalue weighted by atomic mass is 9.97. The molecule has 0 atom stereocenters. The van der Waals surface area contributed by atoms with Crippen LogP contribution in [0.1, 0.15) is 28.4 Å². The number of nitrogens with zero attached hydrogens (tertiary/aromatic N) is 1. The molecule has 0 fully saturated rings. The molecule has 0 aliphatic heterocycles. The third kappa shape index (κ3) is 3.08. The molecule has 4 aromatic rings. The van der Waals surface area contributed by atoms with Gasteiger partial charge in [0.15, 0.2) is 0 Å². The number of halogens is 1. The van der Waals surface area contributed by atoms with Gasteiger partial charge in [-0.1, -0.05) is 43.3 Å². The zero-order valence-corrected chi connectivity index (χ0v) is 15.2. The lowest BCUT2D eigenvalue weighted by molar-refractivity contribution is 0.0730. The molecule has 136 valence electrons. The van der Waals surface area contributed by atoms with Gasteiger partial charge in [-0.15, -0.1) is 0 Å². The summed E-state index contributed by atoms with van der Waals surface area (Å²) < 4.78 is 20.3. The second kappa shape index (κ2) is 7.13. The molecule has 0 aliphatic rings. The highest BCUT2D eigenvalue weighted by Gasteiger charge is 2.17. The van der Waals surface area contributed by atoms with Crippen molar-refractivity contribution in [1.82, 2.24) is 0 Å². The highest BCUT2D eigenvalue weighted by Crippen LogP contribution is 2.30. The summed E-state index contributed by atoms with van der Waals surface area (Å²) in [6, 6.07) is 21.0. The van der Waals surface area contributed by atoms with Crippen LogP contribution in [0.3, 0.4) is 0 Å². The quantitative estimate of drug-likeness (QED) is 0.261. The van der Waals surface area contributed by atoms with Crippen LogP contribution in [0.5, 0.6) is 5.75 Å². The summed E-state index contributed by atoms with van der Waals surface area (Å²) in [5.41, 5.74) is 1.55. The van der Waals surface area contributed by atoms with Crippen LogP contribution in [0.25, 0.3) is 21.5 Å². The third-order valence-electron chi connectivity index (χ3n) is 4.84. The Balaban J connectivity index is 1.73. The SMILES string of the molecule is CCc1ccc2c(ccc3c(F)c(C(=O)Oc4ccc(C#N)cc4)ccc32)c1. The fourth-order valence-corrected chi connectivity index (χ4v) is 3.30. The molecular formula is C24H16FNO2. The van der Waals surface area contributed by atoms with E-state index in [0.29, 0.717) is 10.9 Å². The first kappa shape index (κ1) is 17.7. The molecule has 0 unspecified atom stereocenters. The van der Waals surface area contributed by atoms with Crippen molar-refractivity contribution in [3.63, 3.8) is 0 Å². The molecular weight excluding hydrogens is 353 g/mol. The number of carbonyl (C=O) groups is 1. The zero-order chi connectivity index (χ0) is 19.7. The van der Waals surface area contributed by atoms with Gasteiger partial charge in [-0.25, -0.2) is 9.18 Å². The van der Waals surface area contributed by atoms with Crippen molar-refractivity contribution in [1.29, 1.82) is 5.26 Å². The summed E-state index contributed by atoms with van der Waals surface area (Å²) in [6.45, 7) is 2.09. The van der Waals surface area contributed by atoms with Gasteiger partial charge in [0.1, 0.15) is 11.6 Å². The molecule has 0 saturated heterocycles. The number of hydrogen-bond donors (Lipinski definition) is 0. The summed E-state index contributed by atoms with van der Waals surface area (Å²) in [4.78, 5) is 12.5. The molecule has 0 heterocycles. The minimum absolute atomic E-state index is 0.124. The number of aryl methyl sites for hydroxylation is 1. The highest BCUT2D eigenvalue weighted by molar-refractivity contribution is 6.09. The normalized spacial score (nSPS) is 10.8. The van der Waals surface area contributed by atoms with Gasteiger partial charge >= 0.3 is 5.97 Å². The zero-order valence-electron chi connectivity index (χ0n) is 15.2. The van der Waals surface area contributed by atoms with Gasteiger partial charge in [0, 0.05) is 5.39 Å². The molecule has 4 aromatic carbocycles. The van der Waals surface area contributed by atoms with Crippen molar-refractivity contribution < 1.29 is 13.9 Å². The molecule has 0 N–H and O–H groups in total. The summed E-state index contributed by atoms with van der Waals surface area (Å²) in [6.07, 6.45) is 0.933. The van der Waals surface area contributed by atoms with E-state index in [1.807, 2.05) is 24.3 Å². The Morgan fingerprint density at radius 3 is 2.39 bits per heavy atom. The van der Waals surface area contributed by atoms with Crippen LogP contribution >= 0.6 is 0 Å². The molecule has 0 radical (unpaired) electrons. The molecule has 0 aliphatic carbocycles. The van der Waals surface area contributed by atoms with Crippen LogP contribution in [-0.4, -0.2) is 5.97 Å². The Morgan fingerprint density at radius 1 is 0.964 bits per heavy atom. The Bertz CT molecular complexity index is 1250. The van der Waals surface area contributed by atoms with Gasteiger partial charge in [-0.2, -0.15) is 5.26 Å². The van der Waals surface area contributed by atoms with E-state index >= 15 is 4.39 Å². The summed E-state index contributed by atoms with van der Waals surface area (Å²) in [5.74, 6) is -1.11. The van der Waals surface area contributed by atoms with E-state index in [-0.39, 0.29) is 11.3 Å². The van der Waals surface area contributed by atoms with Crippen LogP contribution in [0.4, 0.5) is 4.39 Å². The second-order valence-electron chi connectivity index (χ2n) is 6.52. The molecule has 4 heteroatoms. The van der Waals surface area contributed by atoms with E-state index in [1.165, 1.54) is 35.9 Å². The molecule has 0 amide bonds. The van der Waals surface area contributed by atoms with E-state index in [1.54, 1.807) is 12.1 Å². The highest BCUT2D eigenvalue weighted by atomic mass is 19.1. The molecule has 3 nitrogen and oxygen atoms in total. The van der Waals surface area contributed by atoms with Crippen molar-refractivity contribution in [2.45, 2.75) is 13.3 Å². The smallest absolute Gasteiger partial charge is 0.346 e. The summed E-state index contributed by atoms with van der Waals surface area (Å²) in [5, 5.41) is 11.9. The fraction of sp³-hybridized carbons (Fsp3) is 0.0833. The second-order valence-corrected chi connectivity index (χ2v) is 6.52. The molecule has 0 spiro atoms. The van der Waals surface area contributed by atoms with Gasteiger partial charge in [0.05, 0.1) is 17.2 Å². The number of fused-ring (bicyclic) bond motifs is 3. The van der Waals surface area contributed by atoms with Crippen LogP contribution in [-0.2, 0) is 6.42 Å². The number of benzene rings is 4. The maximum atomic E-state index is 15.1. The maximum absolute atomic E-state index is 15.1. The summed E-state index contributed by atoms with van der Waals surface area (Å²) in [7, 11) is 0. The minimum Gasteiger partial charge on any atom is -0.423 e. The maximum Gasteiger partial charge on any atom is 0.346 e. The standard InChI is InChI=1S/C24H16FNO2/c1-2-15-5-9-19-17(13-15)6-10-21-20(19)11-12-22(23(21)25)24(27)28-18-7-3-16(14-26)4-8-18/h3-13H,2H2,1H3. The van der Waals surface area contributed by atoms with Crippen LogP contribution in [0.2, 0.25) is 0 Å². The number of esters is 1. The molecule has 28 heavy (non-hydrogen) atoms. The average molecular weight is 369 g/mol. The first-order valence-electron chi connectivity index (χ1n) is 8.97. The number of hydrogen-bond acceptors (Lipinski definition) is 3. The first-order chi connectivity index (χ1) is 13.6. The Labute approximate surface area is 161 Å². The van der Waals surface area contributed by atoms with Gasteiger partial charge in [-0.3, -0.25) is 0 Å². The molecule has 0 bridgehead atoms. The molecule has 0 saturated carbocycles. The van der Waals surface area contributed by atoms with E-state index in [2.05, 4.69) is 13.0 Å². The number of nitriles is 1. The van der Waals surface area contributed by atoms with E-state index in [9.17, 15) is 4.79 Å². The van der Waals surface area contributed by atoms with E-state index in [4.69, 9.17) is 10.00 Å². The molecule has 4 rings (SSSR count). The van der Waals surface area contributed by atoms with E-state index < -0.39 is 11.8 Å². The van der Waals surface area contributed by atoms with Crippen LogP contribution < -0.4 is 4.74 Å². The predicted molar refractivity (Wildman–Crippen MR) is 107 cm³/mol. The van der Waals surface area contributed by atoms with Gasteiger partial charge in [-0.05, 0) is 58.5 Å². The minimum atomic E-state index is -0.773. The van der Waals surface area contributed by atoms with E-state index in [0.717, 1.165) is 22.6 Å². The number of carbonyl (C=O) groups excluding carboxylic acids is 1. The van der Waals surface area contributed by atoms with Crippen molar-refractivity contribution in [3.05, 3.63) is 89.2 Å². The van der Waals surface area contributed by atoms with Crippen LogP contribution in [0, 0.1) is 17.1 Å². The third-order valence-corrected chi connectivity index (χ3v) is 4.84. The van der Waals surface area contributed by atoms with Gasteiger partial charge in [0.25, 0.3) is 0 Å². The monoisotopic (exact) mass is 369 g/mol. The first-order valence-corrected chi connectivity index (χ1v) is 8.97. The lowest BCUT2D eigenvalue weighted by Gasteiger charge is -2.10. The van der Waals surface area contributed by atoms with Crippen molar-refractivity contribution >= 4 is 27.5 Å². The lowest BCUT2D eigenvalue weighted by Crippen LogP contribution is -2.11. The Hall–Kier alpha value is -3.71. The fourth-order valence-electron chi connectivity index (χ4n) is 3.30. The molecule has 0 aromatic heterocycles. The average Bonchev–Trinajstić information content (AvgIpc) is 2.73. The summed E-state index contributed by atoms with van der Waals surface area (Å²) >= 11 is 0. The van der Waals surface area contributed by atoms with Crippen LogP contribution in [0.15, 0.2) is 66.7 Å². The predicted octanol–water partition coefficient (Wildman–Crippen LogP) is 5.79. The van der Waals surface area contributed by atoms with Crippen molar-refractivity contribution in [2.24, 2.45) is 0 Å². The topological polar surface area (TPSA) is 50.1 Å². The van der Waals surface area contributed by atoms with Crippen molar-refractivity contribution in [3.8, 4) is 11.8 Å².